The lowest BCUT2D eigenvalue weighted by molar-refractivity contribution is 0.593. The first kappa shape index (κ1) is 11.1. The van der Waals surface area contributed by atoms with Crippen LogP contribution in [0.5, 0.6) is 0 Å². The summed E-state index contributed by atoms with van der Waals surface area (Å²) in [6, 6.07) is 7.02. The van der Waals surface area contributed by atoms with Crippen LogP contribution in [0.1, 0.15) is 43.6 Å². The van der Waals surface area contributed by atoms with E-state index in [-0.39, 0.29) is 5.82 Å². The molecule has 0 radical (unpaired) electrons. The van der Waals surface area contributed by atoms with Crippen LogP contribution in [0, 0.1) is 5.82 Å². The molecular weight excluding hydrogens is 255 g/mol. The average molecular weight is 271 g/mol. The summed E-state index contributed by atoms with van der Waals surface area (Å²) in [6.45, 7) is 0. The van der Waals surface area contributed by atoms with Crippen molar-refractivity contribution in [3.05, 3.63) is 35.6 Å². The van der Waals surface area contributed by atoms with Gasteiger partial charge in [-0.2, -0.15) is 0 Å². The zero-order valence-electron chi connectivity index (χ0n) is 8.76. The zero-order chi connectivity index (χ0) is 10.7. The molecule has 0 aliphatic heterocycles. The van der Waals surface area contributed by atoms with E-state index < -0.39 is 0 Å². The summed E-state index contributed by atoms with van der Waals surface area (Å²) < 4.78 is 12.8. The number of halogens is 2. The van der Waals surface area contributed by atoms with E-state index >= 15 is 0 Å². The fourth-order valence-electron chi connectivity index (χ4n) is 2.34. The fraction of sp³-hybridized carbons (Fsp3) is 0.538. The summed E-state index contributed by atoms with van der Waals surface area (Å²) in [6.07, 6.45) is 6.31. The summed E-state index contributed by atoms with van der Waals surface area (Å²) in [5.41, 5.74) is 1.29. The minimum absolute atomic E-state index is 0.136. The molecule has 0 amide bonds. The molecule has 0 aromatic heterocycles. The first-order chi connectivity index (χ1) is 7.25. The fourth-order valence-corrected chi connectivity index (χ4v) is 3.11. The van der Waals surface area contributed by atoms with Crippen LogP contribution in [0.4, 0.5) is 4.39 Å². The monoisotopic (exact) mass is 270 g/mol. The summed E-state index contributed by atoms with van der Waals surface area (Å²) in [7, 11) is 0. The van der Waals surface area contributed by atoms with Crippen LogP contribution in [0.2, 0.25) is 0 Å². The van der Waals surface area contributed by atoms with Gasteiger partial charge in [0.05, 0.1) is 0 Å². The molecule has 1 aromatic rings. The SMILES string of the molecule is Fc1ccc(C2CCCCC(Br)C2)cc1. The topological polar surface area (TPSA) is 0 Å². The van der Waals surface area contributed by atoms with Gasteiger partial charge in [0.25, 0.3) is 0 Å². The third kappa shape index (κ3) is 3.04. The molecular formula is C13H16BrF. The van der Waals surface area contributed by atoms with Gasteiger partial charge in [-0.1, -0.05) is 40.9 Å². The van der Waals surface area contributed by atoms with Crippen LogP contribution in [0.25, 0.3) is 0 Å². The molecule has 1 fully saturated rings. The van der Waals surface area contributed by atoms with Gasteiger partial charge < -0.3 is 0 Å². The van der Waals surface area contributed by atoms with E-state index in [1.807, 2.05) is 12.1 Å². The van der Waals surface area contributed by atoms with Crippen molar-refractivity contribution in [2.24, 2.45) is 0 Å². The van der Waals surface area contributed by atoms with Gasteiger partial charge in [0.1, 0.15) is 5.82 Å². The molecule has 1 aliphatic rings. The lowest BCUT2D eigenvalue weighted by Gasteiger charge is -2.16. The molecule has 0 saturated heterocycles. The maximum Gasteiger partial charge on any atom is 0.123 e. The highest BCUT2D eigenvalue weighted by Gasteiger charge is 2.19. The van der Waals surface area contributed by atoms with Gasteiger partial charge in [0.2, 0.25) is 0 Å². The summed E-state index contributed by atoms with van der Waals surface area (Å²) >= 11 is 3.72. The molecule has 1 aliphatic carbocycles. The smallest absolute Gasteiger partial charge is 0.123 e. The summed E-state index contributed by atoms with van der Waals surface area (Å²) in [5, 5.41) is 0. The molecule has 1 saturated carbocycles. The van der Waals surface area contributed by atoms with Crippen LogP contribution in [0.3, 0.4) is 0 Å². The van der Waals surface area contributed by atoms with Crippen molar-refractivity contribution in [3.8, 4) is 0 Å². The molecule has 0 heterocycles. The quantitative estimate of drug-likeness (QED) is 0.515. The number of rotatable bonds is 1. The highest BCUT2D eigenvalue weighted by Crippen LogP contribution is 2.34. The molecule has 2 atom stereocenters. The normalized spacial score (nSPS) is 27.3. The Morgan fingerprint density at radius 3 is 2.47 bits per heavy atom. The lowest BCUT2D eigenvalue weighted by atomic mass is 9.92. The van der Waals surface area contributed by atoms with E-state index in [1.165, 1.54) is 37.7 Å². The van der Waals surface area contributed by atoms with E-state index in [1.54, 1.807) is 12.1 Å². The second-order valence-electron chi connectivity index (χ2n) is 4.37. The Hall–Kier alpha value is -0.370. The van der Waals surface area contributed by atoms with Crippen molar-refractivity contribution < 1.29 is 4.39 Å². The van der Waals surface area contributed by atoms with Gasteiger partial charge in [-0.3, -0.25) is 0 Å². The predicted octanol–water partition coefficient (Wildman–Crippen LogP) is 4.64. The number of benzene rings is 1. The van der Waals surface area contributed by atoms with Crippen molar-refractivity contribution in [1.82, 2.24) is 0 Å². The Morgan fingerprint density at radius 1 is 1.07 bits per heavy atom. The van der Waals surface area contributed by atoms with Gasteiger partial charge >= 0.3 is 0 Å². The molecule has 15 heavy (non-hydrogen) atoms. The third-order valence-electron chi connectivity index (χ3n) is 3.20. The molecule has 0 N–H and O–H groups in total. The maximum atomic E-state index is 12.8. The van der Waals surface area contributed by atoms with E-state index in [4.69, 9.17) is 0 Å². The molecule has 0 bridgehead atoms. The molecule has 0 nitrogen and oxygen atoms in total. The van der Waals surface area contributed by atoms with Gasteiger partial charge in [-0.15, -0.1) is 0 Å². The largest absolute Gasteiger partial charge is 0.207 e. The maximum absolute atomic E-state index is 12.8. The third-order valence-corrected chi connectivity index (χ3v) is 4.03. The Kier molecular flexibility index (Phi) is 3.79. The van der Waals surface area contributed by atoms with Gasteiger partial charge in [0, 0.05) is 4.83 Å². The molecule has 82 valence electrons. The zero-order valence-corrected chi connectivity index (χ0v) is 10.3. The molecule has 2 unspecified atom stereocenters. The van der Waals surface area contributed by atoms with Crippen molar-refractivity contribution in [2.75, 3.05) is 0 Å². The van der Waals surface area contributed by atoms with E-state index in [0.29, 0.717) is 10.7 Å². The Bertz CT molecular complexity index is 307. The van der Waals surface area contributed by atoms with Crippen LogP contribution in [-0.4, -0.2) is 4.83 Å². The van der Waals surface area contributed by atoms with Crippen LogP contribution in [-0.2, 0) is 0 Å². The van der Waals surface area contributed by atoms with Crippen molar-refractivity contribution in [3.63, 3.8) is 0 Å². The lowest BCUT2D eigenvalue weighted by Crippen LogP contribution is -2.03. The first-order valence-corrected chi connectivity index (χ1v) is 6.57. The Labute approximate surface area is 99.0 Å². The van der Waals surface area contributed by atoms with Crippen molar-refractivity contribution >= 4 is 15.9 Å². The minimum atomic E-state index is -0.136. The van der Waals surface area contributed by atoms with Crippen molar-refractivity contribution in [1.29, 1.82) is 0 Å². The van der Waals surface area contributed by atoms with E-state index in [2.05, 4.69) is 15.9 Å². The predicted molar refractivity (Wildman–Crippen MR) is 64.9 cm³/mol. The first-order valence-electron chi connectivity index (χ1n) is 5.65. The molecule has 2 heteroatoms. The molecule has 2 rings (SSSR count). The standard InChI is InChI=1S/C13H16BrF/c14-12-4-2-1-3-11(9-12)10-5-7-13(15)8-6-10/h5-8,11-12H,1-4,9H2. The average Bonchev–Trinajstić information content (AvgIpc) is 2.44. The number of hydrogen-bond donors (Lipinski definition) is 0. The highest BCUT2D eigenvalue weighted by atomic mass is 79.9. The van der Waals surface area contributed by atoms with Crippen LogP contribution < -0.4 is 0 Å². The highest BCUT2D eigenvalue weighted by molar-refractivity contribution is 9.09. The van der Waals surface area contributed by atoms with Gasteiger partial charge in [-0.05, 0) is 42.9 Å². The number of alkyl halides is 1. The van der Waals surface area contributed by atoms with Gasteiger partial charge in [-0.25, -0.2) is 4.39 Å². The van der Waals surface area contributed by atoms with E-state index in [9.17, 15) is 4.39 Å². The second kappa shape index (κ2) is 5.11. The Balaban J connectivity index is 2.11. The molecule has 1 aromatic carbocycles. The number of hydrogen-bond acceptors (Lipinski definition) is 0. The van der Waals surface area contributed by atoms with Crippen molar-refractivity contribution in [2.45, 2.75) is 42.8 Å². The Morgan fingerprint density at radius 2 is 1.73 bits per heavy atom. The second-order valence-corrected chi connectivity index (χ2v) is 5.66. The van der Waals surface area contributed by atoms with E-state index in [0.717, 1.165) is 0 Å². The minimum Gasteiger partial charge on any atom is -0.207 e. The summed E-state index contributed by atoms with van der Waals surface area (Å²) in [4.78, 5) is 0.634. The van der Waals surface area contributed by atoms with Gasteiger partial charge in [0.15, 0.2) is 0 Å². The summed E-state index contributed by atoms with van der Waals surface area (Å²) in [5.74, 6) is 0.472. The van der Waals surface area contributed by atoms with Crippen LogP contribution in [0.15, 0.2) is 24.3 Å². The van der Waals surface area contributed by atoms with Crippen LogP contribution >= 0.6 is 15.9 Å². The molecule has 0 spiro atoms.